The molecule has 16 heavy (non-hydrogen) atoms. The van der Waals surface area contributed by atoms with Gasteiger partial charge in [-0.25, -0.2) is 4.98 Å². The highest BCUT2D eigenvalue weighted by Crippen LogP contribution is 2.28. The van der Waals surface area contributed by atoms with E-state index in [1.807, 2.05) is 11.8 Å². The van der Waals surface area contributed by atoms with Crippen molar-refractivity contribution in [2.45, 2.75) is 44.7 Å². The van der Waals surface area contributed by atoms with Gasteiger partial charge in [-0.2, -0.15) is 11.8 Å². The molecule has 1 aliphatic rings. The Kier molecular flexibility index (Phi) is 4.67. The first-order chi connectivity index (χ1) is 7.79. The first kappa shape index (κ1) is 12.4. The van der Waals surface area contributed by atoms with Crippen LogP contribution in [-0.4, -0.2) is 23.0 Å². The molecule has 1 aliphatic carbocycles. The smallest absolute Gasteiger partial charge is 0.110 e. The molecule has 4 heteroatoms. The van der Waals surface area contributed by atoms with Gasteiger partial charge in [-0.05, 0) is 44.6 Å². The molecule has 0 saturated heterocycles. The number of rotatable bonds is 7. The van der Waals surface area contributed by atoms with Gasteiger partial charge in [0.05, 0.1) is 6.04 Å². The molecule has 0 spiro atoms. The molecule has 1 atom stereocenters. The fraction of sp³-hybridized carbons (Fsp3) is 0.750. The Morgan fingerprint density at radius 1 is 1.62 bits per heavy atom. The summed E-state index contributed by atoms with van der Waals surface area (Å²) in [7, 11) is 0. The zero-order valence-corrected chi connectivity index (χ0v) is 11.7. The van der Waals surface area contributed by atoms with E-state index in [0.29, 0.717) is 6.04 Å². The van der Waals surface area contributed by atoms with E-state index in [2.05, 4.69) is 28.9 Å². The monoisotopic (exact) mass is 256 g/mol. The van der Waals surface area contributed by atoms with Crippen LogP contribution in [-0.2, 0) is 0 Å². The first-order valence-corrected chi connectivity index (χ1v) is 8.24. The fourth-order valence-corrected chi connectivity index (χ4v) is 3.12. The Balaban J connectivity index is 1.90. The molecular weight excluding hydrogens is 236 g/mol. The minimum Gasteiger partial charge on any atom is -0.305 e. The second-order valence-corrected chi connectivity index (χ2v) is 6.33. The number of hydrogen-bond donors (Lipinski definition) is 1. The Labute approximate surface area is 106 Å². The number of thiazole rings is 1. The Bertz CT molecular complexity index is 321. The van der Waals surface area contributed by atoms with Crippen molar-refractivity contribution in [3.8, 4) is 0 Å². The summed E-state index contributed by atoms with van der Waals surface area (Å²) in [5, 5.41) is 7.16. The largest absolute Gasteiger partial charge is 0.305 e. The van der Waals surface area contributed by atoms with Crippen molar-refractivity contribution < 1.29 is 0 Å². The molecule has 1 aromatic rings. The second kappa shape index (κ2) is 6.03. The molecule has 2 rings (SSSR count). The molecule has 0 amide bonds. The van der Waals surface area contributed by atoms with Crippen LogP contribution in [0.3, 0.4) is 0 Å². The van der Waals surface area contributed by atoms with Crippen LogP contribution in [0.1, 0.15) is 42.4 Å². The van der Waals surface area contributed by atoms with Crippen molar-refractivity contribution in [1.29, 1.82) is 0 Å². The summed E-state index contributed by atoms with van der Waals surface area (Å²) in [6, 6.07) is 1.27. The lowest BCUT2D eigenvalue weighted by Gasteiger charge is -2.15. The van der Waals surface area contributed by atoms with E-state index in [9.17, 15) is 0 Å². The van der Waals surface area contributed by atoms with Gasteiger partial charge in [-0.15, -0.1) is 11.3 Å². The van der Waals surface area contributed by atoms with Crippen molar-refractivity contribution in [2.24, 2.45) is 0 Å². The highest BCUT2D eigenvalue weighted by Gasteiger charge is 2.26. The molecule has 0 aliphatic heterocycles. The lowest BCUT2D eigenvalue weighted by atomic mass is 10.2. The molecule has 0 bridgehead atoms. The van der Waals surface area contributed by atoms with Gasteiger partial charge in [0.25, 0.3) is 0 Å². The van der Waals surface area contributed by atoms with Crippen LogP contribution in [0.5, 0.6) is 0 Å². The van der Waals surface area contributed by atoms with Gasteiger partial charge in [0.1, 0.15) is 5.01 Å². The Morgan fingerprint density at radius 3 is 3.00 bits per heavy atom. The SMILES string of the molecule is CSCCCC(NC1CC1)c1nc(C)cs1. The van der Waals surface area contributed by atoms with Crippen molar-refractivity contribution in [2.75, 3.05) is 12.0 Å². The van der Waals surface area contributed by atoms with E-state index in [0.717, 1.165) is 11.7 Å². The topological polar surface area (TPSA) is 24.9 Å². The minimum atomic E-state index is 0.498. The molecule has 1 N–H and O–H groups in total. The number of thioether (sulfide) groups is 1. The van der Waals surface area contributed by atoms with Gasteiger partial charge in [-0.1, -0.05) is 0 Å². The highest BCUT2D eigenvalue weighted by molar-refractivity contribution is 7.98. The molecule has 1 heterocycles. The van der Waals surface area contributed by atoms with E-state index in [-0.39, 0.29) is 0 Å². The zero-order valence-electron chi connectivity index (χ0n) is 10.0. The second-order valence-electron chi connectivity index (χ2n) is 4.46. The van der Waals surface area contributed by atoms with Gasteiger partial charge in [0.2, 0.25) is 0 Å². The number of aromatic nitrogens is 1. The third-order valence-electron chi connectivity index (χ3n) is 2.79. The molecule has 0 radical (unpaired) electrons. The van der Waals surface area contributed by atoms with Gasteiger partial charge in [-0.3, -0.25) is 0 Å². The lowest BCUT2D eigenvalue weighted by Crippen LogP contribution is -2.23. The molecule has 2 nitrogen and oxygen atoms in total. The number of nitrogens with one attached hydrogen (secondary N) is 1. The van der Waals surface area contributed by atoms with Gasteiger partial charge in [0.15, 0.2) is 0 Å². The van der Waals surface area contributed by atoms with Gasteiger partial charge < -0.3 is 5.32 Å². The first-order valence-electron chi connectivity index (χ1n) is 5.96. The van der Waals surface area contributed by atoms with Crippen LogP contribution in [0, 0.1) is 6.92 Å². The van der Waals surface area contributed by atoms with Gasteiger partial charge >= 0.3 is 0 Å². The quantitative estimate of drug-likeness (QED) is 0.757. The summed E-state index contributed by atoms with van der Waals surface area (Å²) in [5.41, 5.74) is 1.16. The van der Waals surface area contributed by atoms with Gasteiger partial charge in [0, 0.05) is 17.1 Å². The van der Waals surface area contributed by atoms with Crippen molar-refractivity contribution in [1.82, 2.24) is 10.3 Å². The van der Waals surface area contributed by atoms with Crippen LogP contribution in [0.2, 0.25) is 0 Å². The lowest BCUT2D eigenvalue weighted by molar-refractivity contribution is 0.490. The summed E-state index contributed by atoms with van der Waals surface area (Å²) in [4.78, 5) is 4.62. The molecule has 1 fully saturated rings. The fourth-order valence-electron chi connectivity index (χ4n) is 1.78. The number of aryl methyl sites for hydroxylation is 1. The Hall–Kier alpha value is -0.0600. The van der Waals surface area contributed by atoms with Crippen molar-refractivity contribution >= 4 is 23.1 Å². The average molecular weight is 256 g/mol. The molecule has 1 aromatic heterocycles. The standard InChI is InChI=1S/C12H20N2S2/c1-9-8-16-12(13-9)11(4-3-7-15-2)14-10-5-6-10/h8,10-11,14H,3-7H2,1-2H3. The molecule has 1 saturated carbocycles. The van der Waals surface area contributed by atoms with E-state index in [1.54, 1.807) is 11.3 Å². The van der Waals surface area contributed by atoms with E-state index in [4.69, 9.17) is 0 Å². The normalized spacial score (nSPS) is 17.6. The number of hydrogen-bond acceptors (Lipinski definition) is 4. The number of nitrogens with zero attached hydrogens (tertiary/aromatic N) is 1. The minimum absolute atomic E-state index is 0.498. The van der Waals surface area contributed by atoms with Crippen LogP contribution >= 0.6 is 23.1 Å². The van der Waals surface area contributed by atoms with E-state index < -0.39 is 0 Å². The Morgan fingerprint density at radius 2 is 2.44 bits per heavy atom. The van der Waals surface area contributed by atoms with Crippen LogP contribution in [0.25, 0.3) is 0 Å². The maximum absolute atomic E-state index is 4.62. The van der Waals surface area contributed by atoms with Crippen LogP contribution < -0.4 is 5.32 Å². The highest BCUT2D eigenvalue weighted by atomic mass is 32.2. The summed E-state index contributed by atoms with van der Waals surface area (Å²) in [6.07, 6.45) is 7.39. The summed E-state index contributed by atoms with van der Waals surface area (Å²) in [6.45, 7) is 2.08. The van der Waals surface area contributed by atoms with E-state index in [1.165, 1.54) is 36.4 Å². The maximum atomic E-state index is 4.62. The predicted molar refractivity (Wildman–Crippen MR) is 73.4 cm³/mol. The van der Waals surface area contributed by atoms with E-state index >= 15 is 0 Å². The predicted octanol–water partition coefficient (Wildman–Crippen LogP) is 3.39. The summed E-state index contributed by atoms with van der Waals surface area (Å²) >= 11 is 3.74. The van der Waals surface area contributed by atoms with Crippen molar-refractivity contribution in [3.63, 3.8) is 0 Å². The third-order valence-corrected chi connectivity index (χ3v) is 4.56. The molecule has 90 valence electrons. The van der Waals surface area contributed by atoms with Crippen molar-refractivity contribution in [3.05, 3.63) is 16.1 Å². The molecule has 0 aromatic carbocycles. The third kappa shape index (κ3) is 3.75. The van der Waals surface area contributed by atoms with Crippen LogP contribution in [0.4, 0.5) is 0 Å². The van der Waals surface area contributed by atoms with Crippen LogP contribution in [0.15, 0.2) is 5.38 Å². The molecular formula is C12H20N2S2. The zero-order chi connectivity index (χ0) is 11.4. The summed E-state index contributed by atoms with van der Waals surface area (Å²) < 4.78 is 0. The maximum Gasteiger partial charge on any atom is 0.110 e. The average Bonchev–Trinajstić information content (AvgIpc) is 2.98. The molecule has 1 unspecified atom stereocenters. The summed E-state index contributed by atoms with van der Waals surface area (Å²) in [5.74, 6) is 1.26.